The van der Waals surface area contributed by atoms with Gasteiger partial charge in [0.2, 0.25) is 0 Å². The van der Waals surface area contributed by atoms with E-state index in [1.165, 1.54) is 12.8 Å². The minimum atomic E-state index is -0.747. The van der Waals surface area contributed by atoms with Crippen molar-refractivity contribution in [3.63, 3.8) is 0 Å². The van der Waals surface area contributed by atoms with Gasteiger partial charge in [0.25, 0.3) is 0 Å². The van der Waals surface area contributed by atoms with Gasteiger partial charge in [-0.15, -0.1) is 0 Å². The van der Waals surface area contributed by atoms with Gasteiger partial charge in [-0.2, -0.15) is 0 Å². The Labute approximate surface area is 127 Å². The lowest BCUT2D eigenvalue weighted by molar-refractivity contribution is -0.137. The molecule has 0 bridgehead atoms. The fourth-order valence-corrected chi connectivity index (χ4v) is 3.71. The second kappa shape index (κ2) is 7.14. The molecule has 0 aromatic heterocycles. The van der Waals surface area contributed by atoms with Crippen LogP contribution in [-0.4, -0.2) is 41.1 Å². The number of hydrogen-bond acceptors (Lipinski definition) is 2. The molecular formula is C16H28N2O3. The number of hydrogen-bond donors (Lipinski definition) is 2. The number of carboxylic acids is 1. The molecule has 2 amide bonds. The Hall–Kier alpha value is -1.26. The lowest BCUT2D eigenvalue weighted by Gasteiger charge is -2.34. The largest absolute Gasteiger partial charge is 0.481 e. The van der Waals surface area contributed by atoms with Gasteiger partial charge >= 0.3 is 12.0 Å². The maximum Gasteiger partial charge on any atom is 0.317 e. The first kappa shape index (κ1) is 16.1. The van der Waals surface area contributed by atoms with Gasteiger partial charge in [-0.05, 0) is 49.9 Å². The first-order valence-corrected chi connectivity index (χ1v) is 8.23. The number of carbonyl (C=O) groups excluding carboxylic acids is 1. The zero-order valence-corrected chi connectivity index (χ0v) is 13.2. The van der Waals surface area contributed by atoms with E-state index in [-0.39, 0.29) is 12.5 Å². The second-order valence-corrected chi connectivity index (χ2v) is 6.98. The molecule has 2 N–H and O–H groups in total. The minimum Gasteiger partial charge on any atom is -0.481 e. The third kappa shape index (κ3) is 4.61. The number of aliphatic carboxylic acids is 1. The van der Waals surface area contributed by atoms with Gasteiger partial charge in [-0.25, -0.2) is 4.79 Å². The third-order valence-electron chi connectivity index (χ3n) is 5.08. The Bertz CT molecular complexity index is 386. The van der Waals surface area contributed by atoms with Crippen LogP contribution < -0.4 is 5.32 Å². The van der Waals surface area contributed by atoms with Crippen LogP contribution in [-0.2, 0) is 4.79 Å². The predicted octanol–water partition coefficient (Wildman–Crippen LogP) is 2.71. The Kier molecular flexibility index (Phi) is 5.48. The summed E-state index contributed by atoms with van der Waals surface area (Å²) in [6.07, 6.45) is 5.26. The fraction of sp³-hybridized carbons (Fsp3) is 0.875. The summed E-state index contributed by atoms with van der Waals surface area (Å²) in [5.41, 5.74) is 0. The average molecular weight is 296 g/mol. The lowest BCUT2D eigenvalue weighted by atomic mass is 9.80. The van der Waals surface area contributed by atoms with E-state index in [2.05, 4.69) is 19.2 Å². The van der Waals surface area contributed by atoms with Crippen molar-refractivity contribution in [3.8, 4) is 0 Å². The van der Waals surface area contributed by atoms with Crippen molar-refractivity contribution >= 4 is 12.0 Å². The molecule has 0 radical (unpaired) electrons. The van der Waals surface area contributed by atoms with Crippen LogP contribution in [0.1, 0.15) is 52.4 Å². The normalized spacial score (nSPS) is 33.0. The summed E-state index contributed by atoms with van der Waals surface area (Å²) in [5.74, 6) is 0.905. The number of urea groups is 1. The molecule has 1 aliphatic carbocycles. The van der Waals surface area contributed by atoms with Crippen LogP contribution in [0.3, 0.4) is 0 Å². The van der Waals surface area contributed by atoms with Crippen LogP contribution >= 0.6 is 0 Å². The van der Waals surface area contributed by atoms with Crippen molar-refractivity contribution < 1.29 is 14.7 Å². The zero-order chi connectivity index (χ0) is 15.4. The third-order valence-corrected chi connectivity index (χ3v) is 5.08. The fourth-order valence-electron chi connectivity index (χ4n) is 3.71. The highest BCUT2D eigenvalue weighted by Crippen LogP contribution is 2.29. The molecule has 120 valence electrons. The summed E-state index contributed by atoms with van der Waals surface area (Å²) in [5, 5.41) is 11.9. The lowest BCUT2D eigenvalue weighted by Crippen LogP contribution is -2.48. The molecule has 2 aliphatic rings. The summed E-state index contributed by atoms with van der Waals surface area (Å²) >= 11 is 0. The number of nitrogens with zero attached hydrogens (tertiary/aromatic N) is 1. The van der Waals surface area contributed by atoms with Crippen molar-refractivity contribution in [1.82, 2.24) is 10.2 Å². The molecule has 1 saturated carbocycles. The van der Waals surface area contributed by atoms with Gasteiger partial charge in [0, 0.05) is 25.6 Å². The molecule has 5 nitrogen and oxygen atoms in total. The number of carboxylic acid groups (broad SMARTS) is 1. The van der Waals surface area contributed by atoms with Crippen molar-refractivity contribution in [3.05, 3.63) is 0 Å². The number of likely N-dealkylation sites (tertiary alicyclic amines) is 1. The van der Waals surface area contributed by atoms with Gasteiger partial charge in [0.05, 0.1) is 0 Å². The van der Waals surface area contributed by atoms with Gasteiger partial charge in [-0.1, -0.05) is 13.8 Å². The van der Waals surface area contributed by atoms with E-state index < -0.39 is 5.97 Å². The maximum atomic E-state index is 12.3. The first-order valence-electron chi connectivity index (χ1n) is 8.23. The average Bonchev–Trinajstić information content (AvgIpc) is 2.88. The summed E-state index contributed by atoms with van der Waals surface area (Å²) in [6.45, 7) is 5.96. The van der Waals surface area contributed by atoms with E-state index in [0.29, 0.717) is 30.8 Å². The van der Waals surface area contributed by atoms with Crippen molar-refractivity contribution in [2.75, 3.05) is 13.1 Å². The molecule has 1 saturated heterocycles. The van der Waals surface area contributed by atoms with Gasteiger partial charge in [0.15, 0.2) is 0 Å². The number of nitrogens with one attached hydrogen (secondary N) is 1. The molecule has 21 heavy (non-hydrogen) atoms. The molecule has 0 aromatic rings. The standard InChI is InChI=1S/C16H28N2O3/c1-11-3-5-14(12(2)9-11)17-16(21)18-8-7-13(10-18)4-6-15(19)20/h11-14H,3-10H2,1-2H3,(H,17,21)(H,19,20). The zero-order valence-electron chi connectivity index (χ0n) is 13.2. The Morgan fingerprint density at radius 1 is 1.24 bits per heavy atom. The van der Waals surface area contributed by atoms with Crippen LogP contribution in [0.25, 0.3) is 0 Å². The van der Waals surface area contributed by atoms with Crippen LogP contribution in [0.15, 0.2) is 0 Å². The molecule has 4 atom stereocenters. The Morgan fingerprint density at radius 2 is 2.00 bits per heavy atom. The van der Waals surface area contributed by atoms with E-state index in [1.54, 1.807) is 0 Å². The molecule has 0 aromatic carbocycles. The van der Waals surface area contributed by atoms with Gasteiger partial charge < -0.3 is 15.3 Å². The van der Waals surface area contributed by atoms with Crippen LogP contribution in [0.5, 0.6) is 0 Å². The highest BCUT2D eigenvalue weighted by molar-refractivity contribution is 5.75. The molecule has 4 unspecified atom stereocenters. The molecule has 1 aliphatic heterocycles. The summed E-state index contributed by atoms with van der Waals surface area (Å²) in [4.78, 5) is 24.8. The Balaban J connectivity index is 1.75. The Morgan fingerprint density at radius 3 is 2.67 bits per heavy atom. The van der Waals surface area contributed by atoms with Crippen molar-refractivity contribution in [2.45, 2.75) is 58.4 Å². The highest BCUT2D eigenvalue weighted by atomic mass is 16.4. The number of rotatable bonds is 4. The number of amides is 2. The molecule has 0 spiro atoms. The number of carbonyl (C=O) groups is 2. The summed E-state index contributed by atoms with van der Waals surface area (Å²) in [6, 6.07) is 0.339. The summed E-state index contributed by atoms with van der Waals surface area (Å²) < 4.78 is 0. The van der Waals surface area contributed by atoms with E-state index in [4.69, 9.17) is 5.11 Å². The van der Waals surface area contributed by atoms with Gasteiger partial charge in [0.1, 0.15) is 0 Å². The highest BCUT2D eigenvalue weighted by Gasteiger charge is 2.31. The smallest absolute Gasteiger partial charge is 0.317 e. The minimum absolute atomic E-state index is 0.0410. The molecule has 5 heteroatoms. The molecule has 2 fully saturated rings. The second-order valence-electron chi connectivity index (χ2n) is 6.98. The van der Waals surface area contributed by atoms with Crippen LogP contribution in [0.2, 0.25) is 0 Å². The van der Waals surface area contributed by atoms with E-state index in [1.807, 2.05) is 4.90 Å². The molecular weight excluding hydrogens is 268 g/mol. The molecule has 1 heterocycles. The maximum absolute atomic E-state index is 12.3. The topological polar surface area (TPSA) is 69.6 Å². The quantitative estimate of drug-likeness (QED) is 0.838. The molecule has 2 rings (SSSR count). The van der Waals surface area contributed by atoms with Crippen LogP contribution in [0.4, 0.5) is 4.79 Å². The van der Waals surface area contributed by atoms with Crippen molar-refractivity contribution in [1.29, 1.82) is 0 Å². The van der Waals surface area contributed by atoms with E-state index in [9.17, 15) is 9.59 Å². The van der Waals surface area contributed by atoms with Crippen LogP contribution in [0, 0.1) is 17.8 Å². The van der Waals surface area contributed by atoms with Crippen molar-refractivity contribution in [2.24, 2.45) is 17.8 Å². The van der Waals surface area contributed by atoms with E-state index in [0.717, 1.165) is 25.3 Å². The van der Waals surface area contributed by atoms with E-state index >= 15 is 0 Å². The first-order chi connectivity index (χ1) is 9.95. The predicted molar refractivity (Wildman–Crippen MR) is 81.0 cm³/mol. The summed E-state index contributed by atoms with van der Waals surface area (Å²) in [7, 11) is 0. The van der Waals surface area contributed by atoms with Gasteiger partial charge in [-0.3, -0.25) is 4.79 Å². The monoisotopic (exact) mass is 296 g/mol. The SMILES string of the molecule is CC1CCC(NC(=O)N2CCC(CCC(=O)O)C2)C(C)C1.